The van der Waals surface area contributed by atoms with Crippen molar-refractivity contribution >= 4 is 5.69 Å². The quantitative estimate of drug-likeness (QED) is 0.579. The van der Waals surface area contributed by atoms with E-state index >= 15 is 0 Å². The minimum Gasteiger partial charge on any atom is -0.367 e. The first-order valence-electron chi connectivity index (χ1n) is 5.33. The number of aryl methyl sites for hydroxylation is 1. The van der Waals surface area contributed by atoms with Crippen molar-refractivity contribution in [2.45, 2.75) is 31.2 Å². The van der Waals surface area contributed by atoms with Gasteiger partial charge in [0.15, 0.2) is 0 Å². The Balaban J connectivity index is 2.03. The van der Waals surface area contributed by atoms with Crippen LogP contribution in [0.4, 0.5) is 5.69 Å². The Labute approximate surface area is 78.4 Å². The van der Waals surface area contributed by atoms with Crippen molar-refractivity contribution in [2.24, 2.45) is 0 Å². The van der Waals surface area contributed by atoms with Gasteiger partial charge in [0.2, 0.25) is 0 Å². The van der Waals surface area contributed by atoms with Crippen LogP contribution in [0.15, 0.2) is 18.2 Å². The van der Waals surface area contributed by atoms with E-state index in [1.165, 1.54) is 25.8 Å². The van der Waals surface area contributed by atoms with E-state index < -0.39 is 0 Å². The number of nitrogens with zero attached hydrogens (tertiary/aromatic N) is 1. The fourth-order valence-electron chi connectivity index (χ4n) is 3.21. The summed E-state index contributed by atoms with van der Waals surface area (Å²) >= 11 is 0. The molecule has 2 aliphatic heterocycles. The third-order valence-corrected chi connectivity index (χ3v) is 3.84. The van der Waals surface area contributed by atoms with Gasteiger partial charge in [-0.25, -0.2) is 0 Å². The van der Waals surface area contributed by atoms with Crippen molar-refractivity contribution in [3.63, 3.8) is 0 Å². The molecular weight excluding hydrogens is 158 g/mol. The monoisotopic (exact) mass is 171 g/mol. The number of rotatable bonds is 0. The molecule has 1 heteroatoms. The lowest BCUT2D eigenvalue weighted by atomic mass is 9.98. The van der Waals surface area contributed by atoms with Gasteiger partial charge in [-0.15, -0.1) is 0 Å². The number of fused-ring (bicyclic) bond motifs is 3. The molecule has 2 heterocycles. The van der Waals surface area contributed by atoms with Crippen molar-refractivity contribution in [2.75, 3.05) is 11.4 Å². The normalized spacial score (nSPS) is 32.8. The minimum atomic E-state index is 0.899. The van der Waals surface area contributed by atoms with Crippen molar-refractivity contribution in [3.05, 3.63) is 29.3 Å². The summed E-state index contributed by atoms with van der Waals surface area (Å²) in [4.78, 5) is 2.67. The number of hydrogen-bond acceptors (Lipinski definition) is 1. The van der Waals surface area contributed by atoms with E-state index in [1.54, 1.807) is 16.8 Å². The van der Waals surface area contributed by atoms with Gasteiger partial charge in [0.1, 0.15) is 0 Å². The zero-order valence-corrected chi connectivity index (χ0v) is 7.66. The molecule has 0 N–H and O–H groups in total. The van der Waals surface area contributed by atoms with Gasteiger partial charge in [-0.3, -0.25) is 0 Å². The van der Waals surface area contributed by atoms with Crippen LogP contribution in [0.25, 0.3) is 0 Å². The number of hydrogen-bond donors (Lipinski definition) is 0. The van der Waals surface area contributed by atoms with E-state index in [0.29, 0.717) is 0 Å². The average molecular weight is 171 g/mol. The first kappa shape index (κ1) is 6.47. The summed E-state index contributed by atoms with van der Waals surface area (Å²) < 4.78 is 0. The van der Waals surface area contributed by atoms with Crippen LogP contribution in [0.3, 0.4) is 0 Å². The van der Waals surface area contributed by atoms with Crippen LogP contribution in [-0.2, 0) is 6.42 Å². The third kappa shape index (κ3) is 0.654. The predicted molar refractivity (Wildman–Crippen MR) is 53.3 cm³/mol. The van der Waals surface area contributed by atoms with E-state index in [9.17, 15) is 0 Å². The van der Waals surface area contributed by atoms with Crippen LogP contribution in [-0.4, -0.2) is 12.6 Å². The minimum absolute atomic E-state index is 0.899. The first-order valence-corrected chi connectivity index (χ1v) is 5.33. The van der Waals surface area contributed by atoms with E-state index in [-0.39, 0.29) is 0 Å². The summed E-state index contributed by atoms with van der Waals surface area (Å²) in [7, 11) is 0. The van der Waals surface area contributed by atoms with Crippen molar-refractivity contribution in [1.82, 2.24) is 0 Å². The molecule has 4 rings (SSSR count). The van der Waals surface area contributed by atoms with Gasteiger partial charge in [-0.1, -0.05) is 18.2 Å². The van der Waals surface area contributed by atoms with E-state index in [1.807, 2.05) is 0 Å². The van der Waals surface area contributed by atoms with Crippen molar-refractivity contribution < 1.29 is 0 Å². The summed E-state index contributed by atoms with van der Waals surface area (Å²) in [6.07, 6.45) is 4.09. The molecule has 1 aliphatic carbocycles. The molecule has 1 fully saturated rings. The van der Waals surface area contributed by atoms with Gasteiger partial charge in [0, 0.05) is 24.2 Å². The highest BCUT2D eigenvalue weighted by Gasteiger charge is 2.51. The number of anilines is 1. The lowest BCUT2D eigenvalue weighted by Crippen LogP contribution is -2.29. The molecule has 0 spiro atoms. The molecule has 2 atom stereocenters. The zero-order chi connectivity index (χ0) is 8.41. The van der Waals surface area contributed by atoms with Gasteiger partial charge in [0.25, 0.3) is 0 Å². The molecule has 2 unspecified atom stereocenters. The van der Waals surface area contributed by atoms with E-state index in [2.05, 4.69) is 23.1 Å². The van der Waals surface area contributed by atoms with Gasteiger partial charge in [-0.05, 0) is 30.4 Å². The molecule has 0 aromatic heterocycles. The molecule has 3 aliphatic rings. The maximum absolute atomic E-state index is 2.67. The molecule has 0 saturated heterocycles. The van der Waals surface area contributed by atoms with E-state index in [4.69, 9.17) is 0 Å². The molecular formula is C12H13N. The highest BCUT2D eigenvalue weighted by atomic mass is 15.2. The fraction of sp³-hybridized carbons (Fsp3) is 0.500. The van der Waals surface area contributed by atoms with Crippen molar-refractivity contribution in [1.29, 1.82) is 0 Å². The molecule has 0 amide bonds. The van der Waals surface area contributed by atoms with Gasteiger partial charge in [0.05, 0.1) is 0 Å². The molecule has 13 heavy (non-hydrogen) atoms. The lowest BCUT2D eigenvalue weighted by Gasteiger charge is -2.29. The Morgan fingerprint density at radius 2 is 2.31 bits per heavy atom. The van der Waals surface area contributed by atoms with Gasteiger partial charge >= 0.3 is 0 Å². The molecule has 1 aromatic carbocycles. The first-order chi connectivity index (χ1) is 6.45. The zero-order valence-electron chi connectivity index (χ0n) is 7.66. The maximum atomic E-state index is 2.67. The Kier molecular flexibility index (Phi) is 0.954. The highest BCUT2D eigenvalue weighted by Crippen LogP contribution is 2.57. The standard InChI is InChI=1S/C12H13N/c1-3-8-4-2-6-13-11-7-10(11)9(5-1)12(8)13/h1,3,5,10-11H,2,4,6-7H2. The summed E-state index contributed by atoms with van der Waals surface area (Å²) in [6, 6.07) is 7.81. The van der Waals surface area contributed by atoms with Gasteiger partial charge in [-0.2, -0.15) is 0 Å². The SMILES string of the molecule is c1cc2c3c(c1)C1CC1N3CCC2. The van der Waals surface area contributed by atoms with Crippen LogP contribution in [0.2, 0.25) is 0 Å². The Morgan fingerprint density at radius 3 is 3.31 bits per heavy atom. The van der Waals surface area contributed by atoms with E-state index in [0.717, 1.165) is 12.0 Å². The van der Waals surface area contributed by atoms with Crippen molar-refractivity contribution in [3.8, 4) is 0 Å². The van der Waals surface area contributed by atoms with Crippen LogP contribution < -0.4 is 4.90 Å². The van der Waals surface area contributed by atoms with Crippen LogP contribution in [0.5, 0.6) is 0 Å². The number of benzene rings is 1. The topological polar surface area (TPSA) is 3.24 Å². The number of para-hydroxylation sites is 1. The second kappa shape index (κ2) is 1.92. The van der Waals surface area contributed by atoms with Crippen LogP contribution in [0, 0.1) is 0 Å². The second-order valence-electron chi connectivity index (χ2n) is 4.56. The molecule has 0 radical (unpaired) electrons. The molecule has 1 aromatic rings. The largest absolute Gasteiger partial charge is 0.367 e. The highest BCUT2D eigenvalue weighted by molar-refractivity contribution is 5.71. The summed E-state index contributed by atoms with van der Waals surface area (Å²) in [5.74, 6) is 0.910. The van der Waals surface area contributed by atoms with Crippen LogP contribution >= 0.6 is 0 Å². The molecule has 0 bridgehead atoms. The average Bonchev–Trinajstić information content (AvgIpc) is 2.90. The molecule has 1 nitrogen and oxygen atoms in total. The molecule has 1 saturated carbocycles. The molecule has 66 valence electrons. The maximum Gasteiger partial charge on any atom is 0.0437 e. The smallest absolute Gasteiger partial charge is 0.0437 e. The Hall–Kier alpha value is -0.980. The third-order valence-electron chi connectivity index (χ3n) is 3.84. The summed E-state index contributed by atoms with van der Waals surface area (Å²) in [5.41, 5.74) is 4.88. The van der Waals surface area contributed by atoms with Gasteiger partial charge < -0.3 is 4.90 Å². The lowest BCUT2D eigenvalue weighted by molar-refractivity contribution is 0.700. The summed E-state index contributed by atoms with van der Waals surface area (Å²) in [5, 5.41) is 0. The Bertz CT molecular complexity index is 383. The summed E-state index contributed by atoms with van der Waals surface area (Å²) in [6.45, 7) is 1.31. The fourth-order valence-corrected chi connectivity index (χ4v) is 3.21. The van der Waals surface area contributed by atoms with Crippen LogP contribution in [0.1, 0.15) is 29.9 Å². The predicted octanol–water partition coefficient (Wildman–Crippen LogP) is 2.31. The Morgan fingerprint density at radius 1 is 1.31 bits per heavy atom. The second-order valence-corrected chi connectivity index (χ2v) is 4.56.